The zero-order valence-electron chi connectivity index (χ0n) is 18.8. The number of thiazole rings is 1. The van der Waals surface area contributed by atoms with E-state index in [2.05, 4.69) is 26.2 Å². The summed E-state index contributed by atoms with van der Waals surface area (Å²) >= 11 is 4.74. The van der Waals surface area contributed by atoms with Crippen molar-refractivity contribution in [2.24, 2.45) is 4.99 Å². The molecule has 35 heavy (non-hydrogen) atoms. The van der Waals surface area contributed by atoms with E-state index in [1.54, 1.807) is 24.6 Å². The van der Waals surface area contributed by atoms with Gasteiger partial charge in [0.1, 0.15) is 17.5 Å². The molecular formula is C23H24BrF3N4O3S. The quantitative estimate of drug-likeness (QED) is 0.487. The van der Waals surface area contributed by atoms with Crippen LogP contribution in [0.1, 0.15) is 36.4 Å². The summed E-state index contributed by atoms with van der Waals surface area (Å²) in [4.78, 5) is 24.1. The monoisotopic (exact) mass is 572 g/mol. The highest BCUT2D eigenvalue weighted by atomic mass is 79.9. The van der Waals surface area contributed by atoms with Gasteiger partial charge >= 0.3 is 5.97 Å². The molecule has 0 aliphatic carbocycles. The molecule has 1 fully saturated rings. The summed E-state index contributed by atoms with van der Waals surface area (Å²) in [6, 6.07) is 3.33. The van der Waals surface area contributed by atoms with Gasteiger partial charge in [-0.15, -0.1) is 11.3 Å². The molecular weight excluding hydrogens is 549 g/mol. The first-order valence-electron chi connectivity index (χ1n) is 11.0. The molecule has 0 bridgehead atoms. The Bertz CT molecular complexity index is 1140. The fraction of sp³-hybridized carbons (Fsp3) is 0.435. The molecule has 2 aliphatic heterocycles. The molecule has 2 N–H and O–H groups in total. The zero-order valence-corrected chi connectivity index (χ0v) is 21.2. The molecule has 0 amide bonds. The molecule has 0 radical (unpaired) electrons. The van der Waals surface area contributed by atoms with E-state index >= 15 is 0 Å². The van der Waals surface area contributed by atoms with Crippen LogP contribution in [0.15, 0.2) is 50.5 Å². The molecule has 7 nitrogen and oxygen atoms in total. The first kappa shape index (κ1) is 25.8. The number of hydrogen-bond acceptors (Lipinski definition) is 8. The number of aliphatic hydroxyl groups is 1. The van der Waals surface area contributed by atoms with Gasteiger partial charge in [-0.2, -0.15) is 0 Å². The van der Waals surface area contributed by atoms with Gasteiger partial charge in [-0.25, -0.2) is 22.9 Å². The number of hydrogen-bond donors (Lipinski definition) is 2. The third-order valence-electron chi connectivity index (χ3n) is 6.02. The number of esters is 1. The van der Waals surface area contributed by atoms with E-state index in [9.17, 15) is 23.1 Å². The molecule has 1 unspecified atom stereocenters. The Kier molecular flexibility index (Phi) is 7.94. The Labute approximate surface area is 212 Å². The second-order valence-electron chi connectivity index (χ2n) is 8.30. The Hall–Kier alpha value is -2.28. The van der Waals surface area contributed by atoms with E-state index in [1.165, 1.54) is 23.5 Å². The summed E-state index contributed by atoms with van der Waals surface area (Å²) in [5.41, 5.74) is -0.709. The van der Waals surface area contributed by atoms with Crippen LogP contribution in [0.4, 0.5) is 13.2 Å². The predicted molar refractivity (Wildman–Crippen MR) is 129 cm³/mol. The summed E-state index contributed by atoms with van der Waals surface area (Å²) in [6.45, 7) is 2.49. The van der Waals surface area contributed by atoms with E-state index in [0.29, 0.717) is 26.6 Å². The number of aromatic nitrogens is 1. The molecule has 188 valence electrons. The highest BCUT2D eigenvalue weighted by Crippen LogP contribution is 2.37. The fourth-order valence-corrected chi connectivity index (χ4v) is 5.26. The van der Waals surface area contributed by atoms with Gasteiger partial charge in [0.25, 0.3) is 6.43 Å². The lowest BCUT2D eigenvalue weighted by Gasteiger charge is -2.38. The van der Waals surface area contributed by atoms with Crippen molar-refractivity contribution in [3.8, 4) is 0 Å². The third-order valence-corrected chi connectivity index (χ3v) is 7.49. The van der Waals surface area contributed by atoms with Crippen LogP contribution in [0.3, 0.4) is 0 Å². The largest absolute Gasteiger partial charge is 0.463 e. The van der Waals surface area contributed by atoms with Gasteiger partial charge in [-0.05, 0) is 37.5 Å². The van der Waals surface area contributed by atoms with Gasteiger partial charge in [0.05, 0.1) is 12.2 Å². The number of nitrogens with zero attached hydrogens (tertiary/aromatic N) is 3. The number of alkyl halides is 2. The van der Waals surface area contributed by atoms with Crippen molar-refractivity contribution in [2.75, 3.05) is 26.2 Å². The van der Waals surface area contributed by atoms with Crippen molar-refractivity contribution in [3.63, 3.8) is 0 Å². The second-order valence-corrected chi connectivity index (χ2v) is 10.1. The van der Waals surface area contributed by atoms with Crippen LogP contribution in [0.2, 0.25) is 0 Å². The standard InChI is InChI=1S/C23H24BrF3N4O3S/c1-2-34-21(32)17-16(12-31-8-5-23(33,6-9-31)22(26)27)29-19(20-28-7-10-35-20)30-18(17)14-4-3-13(25)11-15(14)24/h3-4,7,10-11,18,22,33H,2,5-6,8-9,12H2,1H3,(H,29,30). The highest BCUT2D eigenvalue weighted by molar-refractivity contribution is 9.10. The molecule has 0 spiro atoms. The zero-order chi connectivity index (χ0) is 25.2. The van der Waals surface area contributed by atoms with Gasteiger partial charge < -0.3 is 15.2 Å². The normalized spacial score (nSPS) is 20.5. The fourth-order valence-electron chi connectivity index (χ4n) is 4.11. The maximum absolute atomic E-state index is 13.8. The molecule has 3 heterocycles. The number of nitrogens with one attached hydrogen (secondary N) is 1. The second kappa shape index (κ2) is 10.8. The van der Waals surface area contributed by atoms with E-state index in [-0.39, 0.29) is 44.7 Å². The minimum atomic E-state index is -2.82. The summed E-state index contributed by atoms with van der Waals surface area (Å²) < 4.78 is 46.1. The van der Waals surface area contributed by atoms with Gasteiger partial charge in [-0.1, -0.05) is 22.0 Å². The molecule has 2 aliphatic rings. The lowest BCUT2D eigenvalue weighted by Crippen LogP contribution is -2.50. The van der Waals surface area contributed by atoms with Crippen molar-refractivity contribution >= 4 is 39.1 Å². The average molecular weight is 573 g/mol. The number of carbonyl (C=O) groups is 1. The number of aliphatic imine (C=N–C) groups is 1. The summed E-state index contributed by atoms with van der Waals surface area (Å²) in [7, 11) is 0. The molecule has 1 atom stereocenters. The SMILES string of the molecule is CCOC(=O)C1=C(CN2CCC(O)(C(F)F)CC2)NC(c2nccs2)=NC1c1ccc(F)cc1Br. The van der Waals surface area contributed by atoms with E-state index < -0.39 is 29.9 Å². The van der Waals surface area contributed by atoms with Gasteiger partial charge in [0.2, 0.25) is 0 Å². The Morgan fingerprint density at radius 1 is 1.40 bits per heavy atom. The first-order valence-corrected chi connectivity index (χ1v) is 12.7. The van der Waals surface area contributed by atoms with Gasteiger partial charge in [0, 0.05) is 41.4 Å². The molecule has 1 aromatic heterocycles. The Morgan fingerprint density at radius 3 is 2.74 bits per heavy atom. The minimum Gasteiger partial charge on any atom is -0.463 e. The Morgan fingerprint density at radius 2 is 2.14 bits per heavy atom. The van der Waals surface area contributed by atoms with Crippen LogP contribution >= 0.6 is 27.3 Å². The molecule has 0 saturated carbocycles. The number of benzene rings is 1. The van der Waals surface area contributed by atoms with Crippen molar-refractivity contribution in [3.05, 3.63) is 61.9 Å². The number of piperidine rings is 1. The van der Waals surface area contributed by atoms with Crippen LogP contribution in [0.5, 0.6) is 0 Å². The topological polar surface area (TPSA) is 87.0 Å². The van der Waals surface area contributed by atoms with Crippen molar-refractivity contribution in [1.29, 1.82) is 0 Å². The van der Waals surface area contributed by atoms with Crippen molar-refractivity contribution in [2.45, 2.75) is 37.8 Å². The van der Waals surface area contributed by atoms with E-state index in [1.807, 2.05) is 4.90 Å². The number of likely N-dealkylation sites (tertiary alicyclic amines) is 1. The summed E-state index contributed by atoms with van der Waals surface area (Å²) in [5.74, 6) is -0.593. The number of halogens is 4. The molecule has 12 heteroatoms. The summed E-state index contributed by atoms with van der Waals surface area (Å²) in [5, 5.41) is 15.7. The molecule has 4 rings (SSSR count). The van der Waals surface area contributed by atoms with Crippen LogP contribution < -0.4 is 5.32 Å². The maximum atomic E-state index is 13.8. The summed E-state index contributed by atoms with van der Waals surface area (Å²) in [6.07, 6.45) is -1.37. The predicted octanol–water partition coefficient (Wildman–Crippen LogP) is 4.05. The number of carbonyl (C=O) groups excluding carboxylic acids is 1. The number of rotatable bonds is 7. The average Bonchev–Trinajstić information content (AvgIpc) is 3.35. The Balaban J connectivity index is 1.74. The van der Waals surface area contributed by atoms with Gasteiger partial charge in [-0.3, -0.25) is 9.89 Å². The maximum Gasteiger partial charge on any atom is 0.338 e. The molecule has 2 aromatic rings. The van der Waals surface area contributed by atoms with Crippen LogP contribution in [-0.4, -0.2) is 65.1 Å². The smallest absolute Gasteiger partial charge is 0.338 e. The van der Waals surface area contributed by atoms with Crippen LogP contribution in [0, 0.1) is 5.82 Å². The number of amidine groups is 1. The van der Waals surface area contributed by atoms with Crippen LogP contribution in [0.25, 0.3) is 0 Å². The molecule has 1 saturated heterocycles. The van der Waals surface area contributed by atoms with Crippen LogP contribution in [-0.2, 0) is 9.53 Å². The van der Waals surface area contributed by atoms with Crippen molar-refractivity contribution < 1.29 is 27.8 Å². The lowest BCUT2D eigenvalue weighted by atomic mass is 9.91. The van der Waals surface area contributed by atoms with E-state index in [4.69, 9.17) is 9.73 Å². The third kappa shape index (κ3) is 5.60. The van der Waals surface area contributed by atoms with Crippen molar-refractivity contribution in [1.82, 2.24) is 15.2 Å². The molecule has 1 aromatic carbocycles. The number of ether oxygens (including phenoxy) is 1. The highest BCUT2D eigenvalue weighted by Gasteiger charge is 2.41. The lowest BCUT2D eigenvalue weighted by molar-refractivity contribution is -0.139. The van der Waals surface area contributed by atoms with E-state index in [0.717, 1.165) is 0 Å². The minimum absolute atomic E-state index is 0.0902. The first-order chi connectivity index (χ1) is 16.7. The van der Waals surface area contributed by atoms with Gasteiger partial charge in [0.15, 0.2) is 10.8 Å².